The number of carbonyl (C=O) groups excluding carboxylic acids is 2. The lowest BCUT2D eigenvalue weighted by atomic mass is 10.0. The fraction of sp³-hybridized carbons (Fsp3) is 0.778. The van der Waals surface area contributed by atoms with Crippen molar-refractivity contribution in [3.05, 3.63) is 0 Å². The summed E-state index contributed by atoms with van der Waals surface area (Å²) in [7, 11) is 0. The first-order valence-electron chi connectivity index (χ1n) is 4.73. The monoisotopic (exact) mass is 200 g/mol. The molecule has 1 heterocycles. The minimum absolute atomic E-state index is 0.115. The van der Waals surface area contributed by atoms with Crippen LogP contribution >= 0.6 is 0 Å². The minimum Gasteiger partial charge on any atom is -0.462 e. The van der Waals surface area contributed by atoms with Gasteiger partial charge in [-0.1, -0.05) is 0 Å². The summed E-state index contributed by atoms with van der Waals surface area (Å²) in [6, 6.07) is -0.283. The highest BCUT2D eigenvalue weighted by Gasteiger charge is 2.34. The molecule has 1 atom stereocenters. The van der Waals surface area contributed by atoms with E-state index in [1.165, 1.54) is 0 Å². The van der Waals surface area contributed by atoms with Gasteiger partial charge in [-0.3, -0.25) is 14.5 Å². The van der Waals surface area contributed by atoms with E-state index >= 15 is 0 Å². The van der Waals surface area contributed by atoms with E-state index in [1.807, 2.05) is 0 Å². The lowest BCUT2D eigenvalue weighted by Gasteiger charge is -2.37. The van der Waals surface area contributed by atoms with Crippen molar-refractivity contribution in [1.29, 1.82) is 0 Å². The van der Waals surface area contributed by atoms with Crippen LogP contribution < -0.4 is 5.73 Å². The van der Waals surface area contributed by atoms with Crippen LogP contribution in [0.2, 0.25) is 0 Å². The van der Waals surface area contributed by atoms with Crippen LogP contribution in [0.3, 0.4) is 0 Å². The molecule has 5 nitrogen and oxygen atoms in total. The first-order chi connectivity index (χ1) is 6.50. The molecule has 2 N–H and O–H groups in total. The van der Waals surface area contributed by atoms with Gasteiger partial charge in [-0.15, -0.1) is 0 Å². The summed E-state index contributed by atoms with van der Waals surface area (Å²) in [5, 5.41) is 0. The molecule has 0 saturated carbocycles. The quantitative estimate of drug-likeness (QED) is 0.621. The van der Waals surface area contributed by atoms with Crippen molar-refractivity contribution in [2.75, 3.05) is 13.1 Å². The lowest BCUT2D eigenvalue weighted by Crippen LogP contribution is -2.56. The smallest absolute Gasteiger partial charge is 0.320 e. The molecular formula is C9H16N2O3. The molecule has 0 aromatic carbocycles. The third-order valence-corrected chi connectivity index (χ3v) is 2.16. The van der Waals surface area contributed by atoms with Crippen molar-refractivity contribution in [3.8, 4) is 0 Å². The third kappa shape index (κ3) is 2.70. The van der Waals surface area contributed by atoms with Crippen molar-refractivity contribution < 1.29 is 14.3 Å². The van der Waals surface area contributed by atoms with Gasteiger partial charge in [0, 0.05) is 6.54 Å². The summed E-state index contributed by atoms with van der Waals surface area (Å²) in [6.07, 6.45) is 0.625. The van der Waals surface area contributed by atoms with E-state index < -0.39 is 0 Å². The van der Waals surface area contributed by atoms with Crippen LogP contribution in [0.25, 0.3) is 0 Å². The van der Waals surface area contributed by atoms with Gasteiger partial charge in [-0.25, -0.2) is 0 Å². The van der Waals surface area contributed by atoms with E-state index in [1.54, 1.807) is 18.7 Å². The molecule has 0 aromatic rings. The van der Waals surface area contributed by atoms with Crippen LogP contribution in [0.1, 0.15) is 20.3 Å². The number of nitrogens with zero attached hydrogens (tertiary/aromatic N) is 1. The first kappa shape index (κ1) is 11.0. The number of carbonyl (C=O) groups is 2. The number of hydrogen-bond acceptors (Lipinski definition) is 4. The van der Waals surface area contributed by atoms with Gasteiger partial charge < -0.3 is 10.5 Å². The van der Waals surface area contributed by atoms with E-state index in [-0.39, 0.29) is 30.6 Å². The molecule has 5 heteroatoms. The molecule has 14 heavy (non-hydrogen) atoms. The van der Waals surface area contributed by atoms with E-state index in [4.69, 9.17) is 10.5 Å². The highest BCUT2D eigenvalue weighted by molar-refractivity contribution is 5.82. The van der Waals surface area contributed by atoms with Crippen LogP contribution in [0, 0.1) is 0 Å². The number of nitrogens with two attached hydrogens (primary N) is 1. The molecule has 1 fully saturated rings. The highest BCUT2D eigenvalue weighted by atomic mass is 16.5. The maximum atomic E-state index is 11.2. The van der Waals surface area contributed by atoms with Crippen molar-refractivity contribution in [3.63, 3.8) is 0 Å². The van der Waals surface area contributed by atoms with Crippen molar-refractivity contribution >= 4 is 11.9 Å². The Balaban J connectivity index is 2.31. The molecule has 1 amide bonds. The molecule has 0 spiro atoms. The second kappa shape index (κ2) is 4.41. The second-order valence-electron chi connectivity index (χ2n) is 3.72. The maximum absolute atomic E-state index is 11.2. The summed E-state index contributed by atoms with van der Waals surface area (Å²) in [5.41, 5.74) is 5.13. The van der Waals surface area contributed by atoms with Crippen molar-refractivity contribution in [2.45, 2.75) is 32.4 Å². The molecule has 0 aromatic heterocycles. The topological polar surface area (TPSA) is 72.6 Å². The highest BCUT2D eigenvalue weighted by Crippen LogP contribution is 2.16. The predicted molar refractivity (Wildman–Crippen MR) is 50.4 cm³/mol. The van der Waals surface area contributed by atoms with Crippen LogP contribution in [0.5, 0.6) is 0 Å². The van der Waals surface area contributed by atoms with Gasteiger partial charge in [-0.05, 0) is 20.3 Å². The summed E-state index contributed by atoms with van der Waals surface area (Å²) in [6.45, 7) is 4.48. The number of ether oxygens (including phenoxy) is 1. The summed E-state index contributed by atoms with van der Waals surface area (Å²) < 4.78 is 4.95. The van der Waals surface area contributed by atoms with E-state index in [9.17, 15) is 9.59 Å². The van der Waals surface area contributed by atoms with Crippen molar-refractivity contribution in [1.82, 2.24) is 4.90 Å². The number of esters is 1. The van der Waals surface area contributed by atoms with E-state index in [0.29, 0.717) is 0 Å². The lowest BCUT2D eigenvalue weighted by molar-refractivity contribution is -0.151. The van der Waals surface area contributed by atoms with Crippen LogP contribution in [0.4, 0.5) is 0 Å². The van der Waals surface area contributed by atoms with Crippen LogP contribution in [-0.4, -0.2) is 42.0 Å². The molecule has 1 aliphatic heterocycles. The van der Waals surface area contributed by atoms with Crippen LogP contribution in [0.15, 0.2) is 0 Å². The standard InChI is InChI=1S/C9H16N2O3/c1-6(2)14-8(12)5-11-4-3-7(11)9(10)13/h6-7H,3-5H2,1-2H3,(H2,10,13). The Morgan fingerprint density at radius 1 is 1.57 bits per heavy atom. The maximum Gasteiger partial charge on any atom is 0.320 e. The number of hydrogen-bond donors (Lipinski definition) is 1. The van der Waals surface area contributed by atoms with Crippen LogP contribution in [-0.2, 0) is 14.3 Å². The molecule has 0 radical (unpaired) electrons. The van der Waals surface area contributed by atoms with Gasteiger partial charge in [-0.2, -0.15) is 0 Å². The second-order valence-corrected chi connectivity index (χ2v) is 3.72. The van der Waals surface area contributed by atoms with Gasteiger partial charge >= 0.3 is 5.97 Å². The summed E-state index contributed by atoms with van der Waals surface area (Å²) >= 11 is 0. The van der Waals surface area contributed by atoms with E-state index in [0.717, 1.165) is 13.0 Å². The van der Waals surface area contributed by atoms with Crippen molar-refractivity contribution in [2.24, 2.45) is 5.73 Å². The van der Waals surface area contributed by atoms with Gasteiger partial charge in [0.15, 0.2) is 0 Å². The minimum atomic E-state index is -0.367. The molecule has 0 bridgehead atoms. The fourth-order valence-electron chi connectivity index (χ4n) is 1.42. The molecule has 0 aliphatic carbocycles. The Morgan fingerprint density at radius 3 is 2.57 bits per heavy atom. The molecule has 1 unspecified atom stereocenters. The van der Waals surface area contributed by atoms with E-state index in [2.05, 4.69) is 0 Å². The Bertz CT molecular complexity index is 240. The third-order valence-electron chi connectivity index (χ3n) is 2.16. The normalized spacial score (nSPS) is 21.8. The zero-order valence-corrected chi connectivity index (χ0v) is 8.53. The average molecular weight is 200 g/mol. The van der Waals surface area contributed by atoms with Gasteiger partial charge in [0.25, 0.3) is 0 Å². The predicted octanol–water partition coefficient (Wildman–Crippen LogP) is -0.502. The SMILES string of the molecule is CC(C)OC(=O)CN1CCC1C(N)=O. The van der Waals surface area contributed by atoms with Gasteiger partial charge in [0.2, 0.25) is 5.91 Å². The number of rotatable bonds is 4. The average Bonchev–Trinajstić information content (AvgIpc) is 1.95. The number of likely N-dealkylation sites (tertiary alicyclic amines) is 1. The molecular weight excluding hydrogens is 184 g/mol. The Hall–Kier alpha value is -1.10. The molecule has 1 saturated heterocycles. The Kier molecular flexibility index (Phi) is 3.46. The number of primary amides is 1. The largest absolute Gasteiger partial charge is 0.462 e. The Labute approximate surface area is 83.2 Å². The zero-order chi connectivity index (χ0) is 10.7. The summed E-state index contributed by atoms with van der Waals surface area (Å²) in [4.78, 5) is 23.8. The van der Waals surface area contributed by atoms with Gasteiger partial charge in [0.05, 0.1) is 18.7 Å². The van der Waals surface area contributed by atoms with Gasteiger partial charge in [0.1, 0.15) is 0 Å². The fourth-order valence-corrected chi connectivity index (χ4v) is 1.42. The summed E-state index contributed by atoms with van der Waals surface area (Å²) in [5.74, 6) is -0.667. The first-order valence-corrected chi connectivity index (χ1v) is 4.73. The Morgan fingerprint density at radius 2 is 2.21 bits per heavy atom. The molecule has 1 rings (SSSR count). The molecule has 80 valence electrons. The molecule has 1 aliphatic rings. The zero-order valence-electron chi connectivity index (χ0n) is 8.53. The number of amides is 1.